The number of carbonyl (C=O) groups excluding carboxylic acids is 3. The third kappa shape index (κ3) is 5.92. The average molecular weight is 365 g/mol. The lowest BCUT2D eigenvalue weighted by molar-refractivity contribution is -0.881. The van der Waals surface area contributed by atoms with Crippen LogP contribution in [-0.2, 0) is 14.4 Å². The van der Waals surface area contributed by atoms with Gasteiger partial charge in [0, 0.05) is 18.8 Å². The van der Waals surface area contributed by atoms with Crippen molar-refractivity contribution in [3.63, 3.8) is 0 Å². The molecule has 1 atom stereocenters. The fourth-order valence-corrected chi connectivity index (χ4v) is 2.42. The molecule has 1 heterocycles. The maximum Gasteiger partial charge on any atom is 0.279 e. The molecular formula is C17H25N4O5+. The van der Waals surface area contributed by atoms with E-state index in [1.807, 2.05) is 6.92 Å². The first-order valence-corrected chi connectivity index (χ1v) is 8.52. The molecule has 0 saturated heterocycles. The number of amides is 3. The van der Waals surface area contributed by atoms with Crippen LogP contribution in [0.3, 0.4) is 0 Å². The van der Waals surface area contributed by atoms with Crippen LogP contribution in [0.5, 0.6) is 11.5 Å². The highest BCUT2D eigenvalue weighted by atomic mass is 16.6. The number of hydrogen-bond acceptors (Lipinski definition) is 5. The number of rotatable bonds is 8. The average Bonchev–Trinajstić information content (AvgIpc) is 2.65. The number of nitrogens with one attached hydrogen (secondary N) is 4. The molecule has 1 aromatic rings. The normalized spacial score (nSPS) is 13.5. The predicted molar refractivity (Wildman–Crippen MR) is 94.4 cm³/mol. The van der Waals surface area contributed by atoms with Crippen molar-refractivity contribution in [1.82, 2.24) is 10.6 Å². The maximum absolute atomic E-state index is 12.2. The minimum Gasteiger partial charge on any atom is -0.486 e. The SMILES string of the molecule is CC[NH+](CC(=O)NCC(=O)NC)CC(=O)Nc1ccc2c(c1)OCCO2. The molecule has 0 fully saturated rings. The van der Waals surface area contributed by atoms with Gasteiger partial charge in [-0.25, -0.2) is 0 Å². The molecular weight excluding hydrogens is 340 g/mol. The third-order valence-electron chi connectivity index (χ3n) is 3.87. The van der Waals surface area contributed by atoms with E-state index in [1.165, 1.54) is 7.05 Å². The van der Waals surface area contributed by atoms with Crippen LogP contribution < -0.4 is 30.3 Å². The summed E-state index contributed by atoms with van der Waals surface area (Å²) in [5.41, 5.74) is 0.610. The summed E-state index contributed by atoms with van der Waals surface area (Å²) in [6.45, 7) is 3.65. The Morgan fingerprint density at radius 1 is 1.04 bits per heavy atom. The predicted octanol–water partition coefficient (Wildman–Crippen LogP) is -1.84. The molecule has 0 aliphatic carbocycles. The molecule has 1 aromatic carbocycles. The quantitative estimate of drug-likeness (QED) is 0.433. The van der Waals surface area contributed by atoms with Crippen molar-refractivity contribution in [2.75, 3.05) is 51.8 Å². The lowest BCUT2D eigenvalue weighted by atomic mass is 10.2. The molecule has 9 heteroatoms. The lowest BCUT2D eigenvalue weighted by Gasteiger charge is -2.19. The first kappa shape index (κ1) is 19.5. The van der Waals surface area contributed by atoms with E-state index >= 15 is 0 Å². The van der Waals surface area contributed by atoms with Crippen LogP contribution in [0.4, 0.5) is 5.69 Å². The molecule has 142 valence electrons. The highest BCUT2D eigenvalue weighted by molar-refractivity contribution is 5.92. The van der Waals surface area contributed by atoms with Gasteiger partial charge in [-0.15, -0.1) is 0 Å². The second-order valence-electron chi connectivity index (χ2n) is 5.81. The Morgan fingerprint density at radius 2 is 1.73 bits per heavy atom. The van der Waals surface area contributed by atoms with E-state index in [4.69, 9.17) is 9.47 Å². The summed E-state index contributed by atoms with van der Waals surface area (Å²) in [6.07, 6.45) is 0. The first-order chi connectivity index (χ1) is 12.5. The van der Waals surface area contributed by atoms with E-state index in [-0.39, 0.29) is 37.4 Å². The Morgan fingerprint density at radius 3 is 2.42 bits per heavy atom. The number of hydrogen-bond donors (Lipinski definition) is 4. The van der Waals surface area contributed by atoms with Crippen LogP contribution in [0.2, 0.25) is 0 Å². The number of fused-ring (bicyclic) bond motifs is 1. The molecule has 1 aliphatic heterocycles. The highest BCUT2D eigenvalue weighted by Gasteiger charge is 2.18. The molecule has 26 heavy (non-hydrogen) atoms. The highest BCUT2D eigenvalue weighted by Crippen LogP contribution is 2.32. The van der Waals surface area contributed by atoms with Crippen LogP contribution in [-0.4, -0.2) is 64.2 Å². The monoisotopic (exact) mass is 365 g/mol. The smallest absolute Gasteiger partial charge is 0.279 e. The molecule has 1 aliphatic rings. The van der Waals surface area contributed by atoms with Crippen LogP contribution in [0.25, 0.3) is 0 Å². The van der Waals surface area contributed by atoms with Gasteiger partial charge in [-0.1, -0.05) is 0 Å². The van der Waals surface area contributed by atoms with Crippen molar-refractivity contribution in [2.24, 2.45) is 0 Å². The zero-order valence-electron chi connectivity index (χ0n) is 15.0. The van der Waals surface area contributed by atoms with Gasteiger partial charge >= 0.3 is 0 Å². The van der Waals surface area contributed by atoms with Crippen molar-refractivity contribution in [3.8, 4) is 11.5 Å². The zero-order valence-corrected chi connectivity index (χ0v) is 15.0. The van der Waals surface area contributed by atoms with Crippen molar-refractivity contribution in [2.45, 2.75) is 6.92 Å². The molecule has 1 unspecified atom stereocenters. The summed E-state index contributed by atoms with van der Waals surface area (Å²) in [5, 5.41) is 7.74. The van der Waals surface area contributed by atoms with Gasteiger partial charge in [0.2, 0.25) is 5.91 Å². The van der Waals surface area contributed by atoms with Gasteiger partial charge in [0.15, 0.2) is 24.6 Å². The van der Waals surface area contributed by atoms with E-state index in [0.29, 0.717) is 36.9 Å². The lowest BCUT2D eigenvalue weighted by Crippen LogP contribution is -3.14. The van der Waals surface area contributed by atoms with Gasteiger partial charge in [-0.2, -0.15) is 0 Å². The minimum absolute atomic E-state index is 0.0737. The largest absolute Gasteiger partial charge is 0.486 e. The van der Waals surface area contributed by atoms with Crippen LogP contribution >= 0.6 is 0 Å². The standard InChI is InChI=1S/C17H24N4O5/c1-3-21(10-16(23)19-9-15(22)18-2)11-17(24)20-12-4-5-13-14(8-12)26-7-6-25-13/h4-5,8H,3,6-7,9-11H2,1-2H3,(H,18,22)(H,19,23)(H,20,24)/p+1. The van der Waals surface area contributed by atoms with Crippen molar-refractivity contribution < 1.29 is 28.8 Å². The first-order valence-electron chi connectivity index (χ1n) is 8.52. The summed E-state index contributed by atoms with van der Waals surface area (Å²) in [5.74, 6) is 0.494. The number of quaternary nitrogens is 1. The molecule has 9 nitrogen and oxygen atoms in total. The number of benzene rings is 1. The van der Waals surface area contributed by atoms with Crippen molar-refractivity contribution in [3.05, 3.63) is 18.2 Å². The van der Waals surface area contributed by atoms with Gasteiger partial charge in [-0.05, 0) is 19.1 Å². The van der Waals surface area contributed by atoms with Gasteiger partial charge in [0.25, 0.3) is 11.8 Å². The molecule has 0 aromatic heterocycles. The fourth-order valence-electron chi connectivity index (χ4n) is 2.42. The van der Waals surface area contributed by atoms with Gasteiger partial charge in [0.05, 0.1) is 13.1 Å². The van der Waals surface area contributed by atoms with Crippen molar-refractivity contribution in [1.29, 1.82) is 0 Å². The van der Waals surface area contributed by atoms with E-state index in [0.717, 1.165) is 4.90 Å². The minimum atomic E-state index is -0.280. The molecule has 4 N–H and O–H groups in total. The van der Waals surface area contributed by atoms with Gasteiger partial charge in [-0.3, -0.25) is 14.4 Å². The van der Waals surface area contributed by atoms with E-state index < -0.39 is 0 Å². The summed E-state index contributed by atoms with van der Waals surface area (Å²) < 4.78 is 10.9. The molecule has 0 bridgehead atoms. The second-order valence-corrected chi connectivity index (χ2v) is 5.81. The Bertz CT molecular complexity index is 665. The summed E-state index contributed by atoms with van der Waals surface area (Å²) in [7, 11) is 1.50. The maximum atomic E-state index is 12.2. The summed E-state index contributed by atoms with van der Waals surface area (Å²) in [6, 6.07) is 5.21. The van der Waals surface area contributed by atoms with E-state index in [1.54, 1.807) is 18.2 Å². The van der Waals surface area contributed by atoms with Crippen LogP contribution in [0, 0.1) is 0 Å². The fraction of sp³-hybridized carbons (Fsp3) is 0.471. The van der Waals surface area contributed by atoms with E-state index in [2.05, 4.69) is 16.0 Å². The molecule has 2 rings (SSSR count). The molecule has 0 radical (unpaired) electrons. The Hall–Kier alpha value is -2.81. The van der Waals surface area contributed by atoms with Crippen LogP contribution in [0.1, 0.15) is 6.92 Å². The topological polar surface area (TPSA) is 110 Å². The third-order valence-corrected chi connectivity index (χ3v) is 3.87. The molecule has 0 saturated carbocycles. The Balaban J connectivity index is 1.83. The number of ether oxygens (including phenoxy) is 2. The van der Waals surface area contributed by atoms with Gasteiger partial charge in [0.1, 0.15) is 13.2 Å². The summed E-state index contributed by atoms with van der Waals surface area (Å²) >= 11 is 0. The van der Waals surface area contributed by atoms with Crippen LogP contribution in [0.15, 0.2) is 18.2 Å². The van der Waals surface area contributed by atoms with Gasteiger partial charge < -0.3 is 30.3 Å². The zero-order chi connectivity index (χ0) is 18.9. The van der Waals surface area contributed by atoms with E-state index in [9.17, 15) is 14.4 Å². The Labute approximate surface area is 152 Å². The number of carbonyl (C=O) groups is 3. The summed E-state index contributed by atoms with van der Waals surface area (Å²) in [4.78, 5) is 36.0. The second kappa shape index (κ2) is 9.62. The van der Waals surface area contributed by atoms with Crippen molar-refractivity contribution >= 4 is 23.4 Å². The number of anilines is 1. The molecule has 0 spiro atoms. The number of likely N-dealkylation sites (N-methyl/N-ethyl adjacent to an activating group) is 2. The Kier molecular flexibility index (Phi) is 7.22. The molecule has 3 amide bonds.